The number of halogens is 1. The molecule has 1 aromatic rings. The summed E-state index contributed by atoms with van der Waals surface area (Å²) in [6.45, 7) is 1.87. The van der Waals surface area contributed by atoms with Gasteiger partial charge in [-0.3, -0.25) is 10.1 Å². The molecular weight excluding hydrogens is 252 g/mol. The molecule has 4 nitrogen and oxygen atoms in total. The van der Waals surface area contributed by atoms with Crippen molar-refractivity contribution in [3.8, 4) is 0 Å². The molecule has 3 rings (SSSR count). The van der Waals surface area contributed by atoms with Gasteiger partial charge in [-0.25, -0.2) is 0 Å². The van der Waals surface area contributed by atoms with Crippen LogP contribution in [0.15, 0.2) is 18.2 Å². The van der Waals surface area contributed by atoms with E-state index in [-0.39, 0.29) is 15.6 Å². The predicted molar refractivity (Wildman–Crippen MR) is 71.2 cm³/mol. The topological polar surface area (TPSA) is 46.4 Å². The van der Waals surface area contributed by atoms with Gasteiger partial charge in [-0.1, -0.05) is 24.1 Å². The van der Waals surface area contributed by atoms with Gasteiger partial charge < -0.3 is 4.90 Å². The van der Waals surface area contributed by atoms with Crippen molar-refractivity contribution in [3.05, 3.63) is 33.3 Å². The number of nitro benzene ring substituents is 1. The van der Waals surface area contributed by atoms with Gasteiger partial charge in [0.25, 0.3) is 0 Å². The zero-order valence-electron chi connectivity index (χ0n) is 10.0. The lowest BCUT2D eigenvalue weighted by molar-refractivity contribution is -0.384. The number of anilines is 1. The first-order valence-corrected chi connectivity index (χ1v) is 6.72. The minimum absolute atomic E-state index is 0.0548. The minimum atomic E-state index is -0.369. The van der Waals surface area contributed by atoms with Crippen LogP contribution in [-0.2, 0) is 0 Å². The first kappa shape index (κ1) is 11.8. The Morgan fingerprint density at radius 2 is 1.94 bits per heavy atom. The summed E-state index contributed by atoms with van der Waals surface area (Å²) < 4.78 is 0. The van der Waals surface area contributed by atoms with E-state index in [9.17, 15) is 10.1 Å². The standard InChI is InChI=1S/C13H15ClN2O2/c14-11-5-2-6-12(13(11)16(17)18)15-7-9-3-1-4-10(9)8-15/h2,5-6,9-10H,1,3-4,7-8H2. The van der Waals surface area contributed by atoms with Crippen molar-refractivity contribution in [2.45, 2.75) is 19.3 Å². The fraction of sp³-hybridized carbons (Fsp3) is 0.538. The molecule has 0 aromatic heterocycles. The van der Waals surface area contributed by atoms with E-state index in [1.54, 1.807) is 12.1 Å². The number of benzene rings is 1. The van der Waals surface area contributed by atoms with Crippen molar-refractivity contribution in [3.63, 3.8) is 0 Å². The lowest BCUT2D eigenvalue weighted by Gasteiger charge is -2.19. The molecule has 0 bridgehead atoms. The van der Waals surface area contributed by atoms with Crippen LogP contribution in [0.3, 0.4) is 0 Å². The summed E-state index contributed by atoms with van der Waals surface area (Å²) in [5, 5.41) is 11.4. The Kier molecular flexibility index (Phi) is 2.90. The SMILES string of the molecule is O=[N+]([O-])c1c(Cl)cccc1N1CC2CCCC2C1. The number of rotatable bonds is 2. The predicted octanol–water partition coefficient (Wildman–Crippen LogP) is 3.48. The van der Waals surface area contributed by atoms with Gasteiger partial charge in [-0.2, -0.15) is 0 Å². The average Bonchev–Trinajstić information content (AvgIpc) is 2.87. The second-order valence-electron chi connectivity index (χ2n) is 5.22. The van der Waals surface area contributed by atoms with E-state index in [1.165, 1.54) is 19.3 Å². The summed E-state index contributed by atoms with van der Waals surface area (Å²) in [6, 6.07) is 5.18. The van der Waals surface area contributed by atoms with E-state index in [4.69, 9.17) is 11.6 Å². The molecule has 0 amide bonds. The number of nitro groups is 1. The summed E-state index contributed by atoms with van der Waals surface area (Å²) >= 11 is 5.96. The van der Waals surface area contributed by atoms with Crippen LogP contribution in [0.4, 0.5) is 11.4 Å². The molecule has 0 spiro atoms. The summed E-state index contributed by atoms with van der Waals surface area (Å²) in [4.78, 5) is 12.9. The minimum Gasteiger partial charge on any atom is -0.365 e. The number of nitrogens with zero attached hydrogens (tertiary/aromatic N) is 2. The molecule has 1 aliphatic carbocycles. The zero-order valence-corrected chi connectivity index (χ0v) is 10.8. The van der Waals surface area contributed by atoms with E-state index in [0.29, 0.717) is 17.5 Å². The third-order valence-electron chi connectivity index (χ3n) is 4.22. The third kappa shape index (κ3) is 1.85. The Hall–Kier alpha value is -1.29. The van der Waals surface area contributed by atoms with Crippen LogP contribution in [0, 0.1) is 22.0 Å². The maximum absolute atomic E-state index is 11.1. The smallest absolute Gasteiger partial charge is 0.310 e. The van der Waals surface area contributed by atoms with Gasteiger partial charge in [0, 0.05) is 13.1 Å². The summed E-state index contributed by atoms with van der Waals surface area (Å²) in [5.41, 5.74) is 0.737. The van der Waals surface area contributed by atoms with Crippen molar-refractivity contribution >= 4 is 23.0 Å². The van der Waals surface area contributed by atoms with Gasteiger partial charge in [-0.05, 0) is 36.8 Å². The van der Waals surface area contributed by atoms with Crippen molar-refractivity contribution < 1.29 is 4.92 Å². The van der Waals surface area contributed by atoms with Crippen LogP contribution in [0.5, 0.6) is 0 Å². The van der Waals surface area contributed by atoms with Crippen molar-refractivity contribution in [2.75, 3.05) is 18.0 Å². The van der Waals surface area contributed by atoms with Crippen LogP contribution in [0.2, 0.25) is 5.02 Å². The van der Waals surface area contributed by atoms with Crippen molar-refractivity contribution in [1.82, 2.24) is 0 Å². The Labute approximate surface area is 111 Å². The Morgan fingerprint density at radius 1 is 1.28 bits per heavy atom. The molecule has 1 saturated heterocycles. The normalized spacial score (nSPS) is 26.4. The van der Waals surface area contributed by atoms with E-state index >= 15 is 0 Å². The number of hydrogen-bond donors (Lipinski definition) is 0. The van der Waals surface area contributed by atoms with Crippen LogP contribution >= 0.6 is 11.6 Å². The molecule has 2 aliphatic rings. The summed E-state index contributed by atoms with van der Waals surface area (Å²) in [7, 11) is 0. The van der Waals surface area contributed by atoms with Crippen LogP contribution in [-0.4, -0.2) is 18.0 Å². The fourth-order valence-electron chi connectivity index (χ4n) is 3.37. The zero-order chi connectivity index (χ0) is 12.7. The van der Waals surface area contributed by atoms with E-state index < -0.39 is 0 Å². The molecule has 1 saturated carbocycles. The first-order valence-electron chi connectivity index (χ1n) is 6.34. The summed E-state index contributed by atoms with van der Waals surface area (Å²) in [5.74, 6) is 1.42. The maximum atomic E-state index is 11.1. The van der Waals surface area contributed by atoms with Crippen LogP contribution < -0.4 is 4.90 Å². The lowest BCUT2D eigenvalue weighted by Crippen LogP contribution is -2.21. The first-order chi connectivity index (χ1) is 8.66. The molecule has 1 aromatic carbocycles. The van der Waals surface area contributed by atoms with Gasteiger partial charge in [-0.15, -0.1) is 0 Å². The molecule has 2 unspecified atom stereocenters. The number of para-hydroxylation sites is 1. The van der Waals surface area contributed by atoms with Crippen LogP contribution in [0.25, 0.3) is 0 Å². The molecule has 1 aliphatic heterocycles. The van der Waals surface area contributed by atoms with Gasteiger partial charge in [0.15, 0.2) is 0 Å². The fourth-order valence-corrected chi connectivity index (χ4v) is 3.61. The van der Waals surface area contributed by atoms with Gasteiger partial charge in [0.2, 0.25) is 0 Å². The number of hydrogen-bond acceptors (Lipinski definition) is 3. The molecular formula is C13H15ClN2O2. The third-order valence-corrected chi connectivity index (χ3v) is 4.52. The van der Waals surface area contributed by atoms with E-state index in [1.807, 2.05) is 6.07 Å². The highest BCUT2D eigenvalue weighted by Crippen LogP contribution is 2.43. The van der Waals surface area contributed by atoms with E-state index in [2.05, 4.69) is 4.90 Å². The Balaban J connectivity index is 1.93. The lowest BCUT2D eigenvalue weighted by atomic mass is 10.0. The van der Waals surface area contributed by atoms with E-state index in [0.717, 1.165) is 13.1 Å². The monoisotopic (exact) mass is 266 g/mol. The molecule has 2 fully saturated rings. The molecule has 5 heteroatoms. The van der Waals surface area contributed by atoms with Crippen molar-refractivity contribution in [2.24, 2.45) is 11.8 Å². The van der Waals surface area contributed by atoms with Gasteiger partial charge in [0.05, 0.1) is 4.92 Å². The second-order valence-corrected chi connectivity index (χ2v) is 5.63. The molecule has 0 N–H and O–H groups in total. The Morgan fingerprint density at radius 3 is 2.56 bits per heavy atom. The van der Waals surface area contributed by atoms with Gasteiger partial charge >= 0.3 is 5.69 Å². The molecule has 2 atom stereocenters. The van der Waals surface area contributed by atoms with Crippen LogP contribution in [0.1, 0.15) is 19.3 Å². The highest BCUT2D eigenvalue weighted by molar-refractivity contribution is 6.33. The quantitative estimate of drug-likeness (QED) is 0.608. The largest absolute Gasteiger partial charge is 0.365 e. The average molecular weight is 267 g/mol. The van der Waals surface area contributed by atoms with Gasteiger partial charge in [0.1, 0.15) is 10.7 Å². The van der Waals surface area contributed by atoms with Crippen molar-refractivity contribution in [1.29, 1.82) is 0 Å². The molecule has 96 valence electrons. The maximum Gasteiger partial charge on any atom is 0.310 e. The molecule has 18 heavy (non-hydrogen) atoms. The summed E-state index contributed by atoms with van der Waals surface area (Å²) in [6.07, 6.45) is 3.83. The Bertz CT molecular complexity index is 480. The molecule has 1 heterocycles. The second kappa shape index (κ2) is 4.43. The highest BCUT2D eigenvalue weighted by Gasteiger charge is 2.38. The highest BCUT2D eigenvalue weighted by atomic mass is 35.5. The molecule has 0 radical (unpaired) electrons. The number of fused-ring (bicyclic) bond motifs is 1.